The molecule has 0 spiro atoms. The molecule has 1 aliphatic carbocycles. The highest BCUT2D eigenvalue weighted by molar-refractivity contribution is 5.83. The van der Waals surface area contributed by atoms with Crippen molar-refractivity contribution >= 4 is 11.9 Å². The van der Waals surface area contributed by atoms with E-state index in [4.69, 9.17) is 10.8 Å². The number of carbonyl (C=O) groups excluding carboxylic acids is 1. The van der Waals surface area contributed by atoms with Crippen LogP contribution in [-0.2, 0) is 9.59 Å². The van der Waals surface area contributed by atoms with Gasteiger partial charge in [0, 0.05) is 6.04 Å². The molecule has 1 fully saturated rings. The van der Waals surface area contributed by atoms with Crippen molar-refractivity contribution in [2.75, 3.05) is 0 Å². The summed E-state index contributed by atoms with van der Waals surface area (Å²) in [6.45, 7) is 0. The van der Waals surface area contributed by atoms with E-state index in [1.165, 1.54) is 0 Å². The number of hydrogen-bond donors (Lipinski definition) is 3. The number of nitrogens with one attached hydrogen (secondary N) is 1. The summed E-state index contributed by atoms with van der Waals surface area (Å²) in [7, 11) is 0. The molecule has 5 nitrogen and oxygen atoms in total. The average Bonchev–Trinajstić information content (AvgIpc) is 2.47. The van der Waals surface area contributed by atoms with Crippen LogP contribution in [0.25, 0.3) is 0 Å². The van der Waals surface area contributed by atoms with Crippen LogP contribution in [0.4, 0.5) is 0 Å². The van der Waals surface area contributed by atoms with Crippen molar-refractivity contribution in [1.29, 1.82) is 0 Å². The van der Waals surface area contributed by atoms with Crippen LogP contribution in [0.15, 0.2) is 30.3 Å². The lowest BCUT2D eigenvalue weighted by atomic mass is 9.85. The summed E-state index contributed by atoms with van der Waals surface area (Å²) in [6, 6.07) is 8.37. The van der Waals surface area contributed by atoms with Crippen LogP contribution in [0.5, 0.6) is 0 Å². The molecule has 2 unspecified atom stereocenters. The Morgan fingerprint density at radius 2 is 1.95 bits per heavy atom. The van der Waals surface area contributed by atoms with Crippen molar-refractivity contribution in [2.45, 2.75) is 37.8 Å². The van der Waals surface area contributed by atoms with E-state index in [2.05, 4.69) is 5.32 Å². The van der Waals surface area contributed by atoms with Crippen LogP contribution in [-0.4, -0.2) is 23.0 Å². The molecule has 1 aromatic rings. The molecule has 0 aliphatic heterocycles. The molecule has 0 bridgehead atoms. The number of carboxylic acid groups (broad SMARTS) is 1. The topological polar surface area (TPSA) is 92.4 Å². The molecule has 2 rings (SSSR count). The standard InChI is InChI=1S/C15H20N2O3/c16-13(10-5-2-1-3-6-10)14(18)17-12-8-4-7-11(9-12)15(19)20/h1-3,5-6,11-13H,4,7-9,16H2,(H,17,18)(H,19,20)/t11?,12?,13-/m1/s1. The van der Waals surface area contributed by atoms with Gasteiger partial charge in [0.2, 0.25) is 5.91 Å². The van der Waals surface area contributed by atoms with E-state index in [0.29, 0.717) is 12.8 Å². The minimum absolute atomic E-state index is 0.0906. The fourth-order valence-electron chi connectivity index (χ4n) is 2.65. The number of amides is 1. The molecule has 3 atom stereocenters. The molecule has 0 saturated heterocycles. The molecule has 108 valence electrons. The first-order valence-corrected chi connectivity index (χ1v) is 6.91. The molecule has 1 aliphatic rings. The zero-order chi connectivity index (χ0) is 14.5. The maximum Gasteiger partial charge on any atom is 0.306 e. The Hall–Kier alpha value is -1.88. The maximum absolute atomic E-state index is 12.1. The Morgan fingerprint density at radius 3 is 2.60 bits per heavy atom. The van der Waals surface area contributed by atoms with E-state index >= 15 is 0 Å². The Morgan fingerprint density at radius 1 is 1.25 bits per heavy atom. The van der Waals surface area contributed by atoms with Crippen molar-refractivity contribution in [3.05, 3.63) is 35.9 Å². The Balaban J connectivity index is 1.92. The van der Waals surface area contributed by atoms with Gasteiger partial charge in [-0.2, -0.15) is 0 Å². The maximum atomic E-state index is 12.1. The van der Waals surface area contributed by atoms with Gasteiger partial charge in [0.25, 0.3) is 0 Å². The van der Waals surface area contributed by atoms with Gasteiger partial charge in [-0.25, -0.2) is 0 Å². The van der Waals surface area contributed by atoms with Crippen molar-refractivity contribution in [3.8, 4) is 0 Å². The van der Waals surface area contributed by atoms with E-state index in [1.807, 2.05) is 30.3 Å². The molecule has 5 heteroatoms. The summed E-state index contributed by atoms with van der Waals surface area (Å²) in [5.41, 5.74) is 6.68. The number of carboxylic acids is 1. The largest absolute Gasteiger partial charge is 0.481 e. The second kappa shape index (κ2) is 6.52. The highest BCUT2D eigenvalue weighted by Gasteiger charge is 2.29. The fourth-order valence-corrected chi connectivity index (χ4v) is 2.65. The molecule has 20 heavy (non-hydrogen) atoms. The minimum atomic E-state index is -0.781. The number of carbonyl (C=O) groups is 2. The summed E-state index contributed by atoms with van der Waals surface area (Å²) in [5, 5.41) is 11.9. The number of hydrogen-bond acceptors (Lipinski definition) is 3. The van der Waals surface area contributed by atoms with Gasteiger partial charge >= 0.3 is 5.97 Å². The molecule has 1 amide bonds. The lowest BCUT2D eigenvalue weighted by molar-refractivity contribution is -0.143. The van der Waals surface area contributed by atoms with Crippen LogP contribution < -0.4 is 11.1 Å². The van der Waals surface area contributed by atoms with E-state index in [9.17, 15) is 9.59 Å². The molecular formula is C15H20N2O3. The smallest absolute Gasteiger partial charge is 0.306 e. The van der Waals surface area contributed by atoms with Crippen molar-refractivity contribution in [1.82, 2.24) is 5.32 Å². The Labute approximate surface area is 118 Å². The third-order valence-electron chi connectivity index (χ3n) is 3.81. The number of nitrogens with two attached hydrogens (primary N) is 1. The van der Waals surface area contributed by atoms with Gasteiger partial charge in [-0.05, 0) is 24.8 Å². The van der Waals surface area contributed by atoms with E-state index < -0.39 is 12.0 Å². The van der Waals surface area contributed by atoms with Crippen LogP contribution in [0.3, 0.4) is 0 Å². The number of benzene rings is 1. The molecule has 1 aromatic carbocycles. The van der Waals surface area contributed by atoms with Crippen LogP contribution in [0.1, 0.15) is 37.3 Å². The average molecular weight is 276 g/mol. The van der Waals surface area contributed by atoms with Crippen molar-refractivity contribution in [2.24, 2.45) is 11.7 Å². The SMILES string of the molecule is N[C@@H](C(=O)NC1CCCC(C(=O)O)C1)c1ccccc1. The van der Waals surface area contributed by atoms with Crippen LogP contribution >= 0.6 is 0 Å². The Bertz CT molecular complexity index is 475. The summed E-state index contributed by atoms with van der Waals surface area (Å²) < 4.78 is 0. The van der Waals surface area contributed by atoms with E-state index in [-0.39, 0.29) is 17.9 Å². The van der Waals surface area contributed by atoms with Gasteiger partial charge < -0.3 is 16.2 Å². The Kier molecular flexibility index (Phi) is 4.74. The van der Waals surface area contributed by atoms with E-state index in [0.717, 1.165) is 18.4 Å². The van der Waals surface area contributed by atoms with Gasteiger partial charge in [-0.3, -0.25) is 9.59 Å². The first-order valence-electron chi connectivity index (χ1n) is 6.91. The van der Waals surface area contributed by atoms with Crippen molar-refractivity contribution in [3.63, 3.8) is 0 Å². The molecule has 4 N–H and O–H groups in total. The molecule has 0 aromatic heterocycles. The number of aliphatic carboxylic acids is 1. The first-order chi connectivity index (χ1) is 9.58. The molecular weight excluding hydrogens is 256 g/mol. The third kappa shape index (κ3) is 3.57. The first kappa shape index (κ1) is 14.5. The summed E-state index contributed by atoms with van der Waals surface area (Å²) in [5.74, 6) is -1.38. The molecule has 0 heterocycles. The monoisotopic (exact) mass is 276 g/mol. The van der Waals surface area contributed by atoms with Gasteiger partial charge in [-0.15, -0.1) is 0 Å². The van der Waals surface area contributed by atoms with Gasteiger partial charge in [-0.1, -0.05) is 36.8 Å². The third-order valence-corrected chi connectivity index (χ3v) is 3.81. The van der Waals surface area contributed by atoms with Crippen LogP contribution in [0.2, 0.25) is 0 Å². The highest BCUT2D eigenvalue weighted by atomic mass is 16.4. The van der Waals surface area contributed by atoms with Gasteiger partial charge in [0.1, 0.15) is 6.04 Å². The zero-order valence-electron chi connectivity index (χ0n) is 11.3. The molecule has 1 saturated carbocycles. The fraction of sp³-hybridized carbons (Fsp3) is 0.467. The normalized spacial score (nSPS) is 23.9. The van der Waals surface area contributed by atoms with Gasteiger partial charge in [0.15, 0.2) is 0 Å². The predicted octanol–water partition coefficient (Wildman–Crippen LogP) is 1.45. The quantitative estimate of drug-likeness (QED) is 0.776. The van der Waals surface area contributed by atoms with E-state index in [1.54, 1.807) is 0 Å². The van der Waals surface area contributed by atoms with Crippen LogP contribution in [0, 0.1) is 5.92 Å². The van der Waals surface area contributed by atoms with Gasteiger partial charge in [0.05, 0.1) is 5.92 Å². The second-order valence-electron chi connectivity index (χ2n) is 5.30. The summed E-state index contributed by atoms with van der Waals surface area (Å²) in [4.78, 5) is 23.1. The molecule has 0 radical (unpaired) electrons. The number of rotatable bonds is 4. The summed E-state index contributed by atoms with van der Waals surface area (Å²) >= 11 is 0. The second-order valence-corrected chi connectivity index (χ2v) is 5.30. The summed E-state index contributed by atoms with van der Waals surface area (Å²) in [6.07, 6.45) is 2.81. The minimum Gasteiger partial charge on any atom is -0.481 e. The van der Waals surface area contributed by atoms with Crippen molar-refractivity contribution < 1.29 is 14.7 Å². The lowest BCUT2D eigenvalue weighted by Gasteiger charge is -2.28. The predicted molar refractivity (Wildman–Crippen MR) is 74.9 cm³/mol. The highest BCUT2D eigenvalue weighted by Crippen LogP contribution is 2.25. The zero-order valence-corrected chi connectivity index (χ0v) is 11.3. The lowest BCUT2D eigenvalue weighted by Crippen LogP contribution is -2.43.